The maximum atomic E-state index is 13.2. The number of alkyl halides is 2. The quantitative estimate of drug-likeness (QED) is 0.662. The standard InChI is InChI=1S/C13H7Cl2F3/c14-10-2-1-3-11(15)12(10)9-6-7(16)4-5-8(9)13(17)18/h1-6,13H. The van der Waals surface area contributed by atoms with Gasteiger partial charge in [0.1, 0.15) is 5.82 Å². The Bertz CT molecular complexity index is 562. The van der Waals surface area contributed by atoms with Crippen molar-refractivity contribution in [1.29, 1.82) is 0 Å². The number of halogens is 5. The molecule has 0 saturated heterocycles. The Kier molecular flexibility index (Phi) is 3.83. The Balaban J connectivity index is 2.73. The Labute approximate surface area is 112 Å². The molecule has 0 aromatic heterocycles. The zero-order valence-corrected chi connectivity index (χ0v) is 10.4. The van der Waals surface area contributed by atoms with Crippen molar-refractivity contribution in [3.63, 3.8) is 0 Å². The molecule has 94 valence electrons. The molecule has 0 spiro atoms. The van der Waals surface area contributed by atoms with Crippen molar-refractivity contribution >= 4 is 23.2 Å². The van der Waals surface area contributed by atoms with E-state index in [9.17, 15) is 13.2 Å². The van der Waals surface area contributed by atoms with E-state index in [0.717, 1.165) is 18.2 Å². The van der Waals surface area contributed by atoms with Gasteiger partial charge in [-0.15, -0.1) is 0 Å². The molecule has 2 aromatic rings. The predicted octanol–water partition coefficient (Wildman–Crippen LogP) is 5.74. The number of benzene rings is 2. The largest absolute Gasteiger partial charge is 0.264 e. The molecule has 0 amide bonds. The van der Waals surface area contributed by atoms with E-state index in [1.54, 1.807) is 6.07 Å². The van der Waals surface area contributed by atoms with Gasteiger partial charge < -0.3 is 0 Å². The predicted molar refractivity (Wildman–Crippen MR) is 66.8 cm³/mol. The van der Waals surface area contributed by atoms with Crippen molar-refractivity contribution in [3.05, 3.63) is 57.8 Å². The van der Waals surface area contributed by atoms with Crippen LogP contribution in [-0.4, -0.2) is 0 Å². The molecule has 0 nitrogen and oxygen atoms in total. The highest BCUT2D eigenvalue weighted by atomic mass is 35.5. The van der Waals surface area contributed by atoms with Crippen molar-refractivity contribution < 1.29 is 13.2 Å². The van der Waals surface area contributed by atoms with E-state index in [1.807, 2.05) is 0 Å². The topological polar surface area (TPSA) is 0 Å². The zero-order chi connectivity index (χ0) is 13.3. The van der Waals surface area contributed by atoms with Crippen LogP contribution in [0.15, 0.2) is 36.4 Å². The second-order valence-corrected chi connectivity index (χ2v) is 4.44. The lowest BCUT2D eigenvalue weighted by Gasteiger charge is -2.12. The van der Waals surface area contributed by atoms with Gasteiger partial charge in [-0.2, -0.15) is 0 Å². The molecule has 0 atom stereocenters. The summed E-state index contributed by atoms with van der Waals surface area (Å²) in [5, 5.41) is 0.407. The summed E-state index contributed by atoms with van der Waals surface area (Å²) in [7, 11) is 0. The van der Waals surface area contributed by atoms with E-state index in [-0.39, 0.29) is 26.7 Å². The fraction of sp³-hybridized carbons (Fsp3) is 0.0769. The summed E-state index contributed by atoms with van der Waals surface area (Å²) >= 11 is 11.9. The van der Waals surface area contributed by atoms with E-state index in [2.05, 4.69) is 0 Å². The summed E-state index contributed by atoms with van der Waals surface area (Å²) in [6.45, 7) is 0. The molecule has 2 rings (SSSR count). The van der Waals surface area contributed by atoms with E-state index in [0.29, 0.717) is 0 Å². The van der Waals surface area contributed by atoms with Gasteiger partial charge >= 0.3 is 0 Å². The molecule has 0 saturated carbocycles. The van der Waals surface area contributed by atoms with Crippen molar-refractivity contribution in [2.24, 2.45) is 0 Å². The Morgan fingerprint density at radius 2 is 1.56 bits per heavy atom. The van der Waals surface area contributed by atoms with Crippen LogP contribution < -0.4 is 0 Å². The minimum atomic E-state index is -2.73. The Hall–Kier alpha value is -1.19. The summed E-state index contributed by atoms with van der Waals surface area (Å²) in [5.41, 5.74) is -0.0670. The van der Waals surface area contributed by atoms with Crippen LogP contribution in [0.3, 0.4) is 0 Å². The van der Waals surface area contributed by atoms with Crippen LogP contribution in [0.25, 0.3) is 11.1 Å². The number of rotatable bonds is 2. The first-order valence-electron chi connectivity index (χ1n) is 5.02. The van der Waals surface area contributed by atoms with Gasteiger partial charge in [0, 0.05) is 21.2 Å². The van der Waals surface area contributed by atoms with Gasteiger partial charge in [-0.1, -0.05) is 29.3 Å². The molecule has 5 heteroatoms. The van der Waals surface area contributed by atoms with Crippen LogP contribution >= 0.6 is 23.2 Å². The van der Waals surface area contributed by atoms with Crippen LogP contribution in [0.1, 0.15) is 12.0 Å². The highest BCUT2D eigenvalue weighted by Gasteiger charge is 2.18. The second-order valence-electron chi connectivity index (χ2n) is 3.63. The monoisotopic (exact) mass is 290 g/mol. The first kappa shape index (κ1) is 13.2. The minimum absolute atomic E-state index is 0.0144. The van der Waals surface area contributed by atoms with Gasteiger partial charge in [0.05, 0.1) is 0 Å². The molecule has 0 aliphatic carbocycles. The number of hydrogen-bond donors (Lipinski definition) is 0. The molecule has 0 unspecified atom stereocenters. The summed E-state index contributed by atoms with van der Waals surface area (Å²) in [4.78, 5) is 0. The summed E-state index contributed by atoms with van der Waals surface area (Å²) in [6.07, 6.45) is -2.73. The SMILES string of the molecule is Fc1ccc(C(F)F)c(-c2c(Cl)cccc2Cl)c1. The highest BCUT2D eigenvalue weighted by Crippen LogP contribution is 2.39. The molecule has 0 fully saturated rings. The van der Waals surface area contributed by atoms with Crippen molar-refractivity contribution in [2.45, 2.75) is 6.43 Å². The average Bonchev–Trinajstić information content (AvgIpc) is 2.28. The third-order valence-electron chi connectivity index (χ3n) is 2.48. The first-order chi connectivity index (χ1) is 8.50. The third kappa shape index (κ3) is 2.47. The maximum Gasteiger partial charge on any atom is 0.264 e. The van der Waals surface area contributed by atoms with E-state index in [1.165, 1.54) is 12.1 Å². The van der Waals surface area contributed by atoms with E-state index >= 15 is 0 Å². The molecular formula is C13H7Cl2F3. The van der Waals surface area contributed by atoms with Crippen molar-refractivity contribution in [3.8, 4) is 11.1 Å². The molecule has 0 heterocycles. The van der Waals surface area contributed by atoms with Gasteiger partial charge in [-0.25, -0.2) is 13.2 Å². The van der Waals surface area contributed by atoms with Crippen molar-refractivity contribution in [2.75, 3.05) is 0 Å². The molecule has 0 aliphatic heterocycles. The first-order valence-corrected chi connectivity index (χ1v) is 5.78. The van der Waals surface area contributed by atoms with E-state index in [4.69, 9.17) is 23.2 Å². The van der Waals surface area contributed by atoms with Gasteiger partial charge in [-0.05, 0) is 35.9 Å². The Morgan fingerprint density at radius 1 is 0.944 bits per heavy atom. The molecule has 18 heavy (non-hydrogen) atoms. The van der Waals surface area contributed by atoms with Crippen LogP contribution in [0.2, 0.25) is 10.0 Å². The zero-order valence-electron chi connectivity index (χ0n) is 8.93. The molecule has 0 radical (unpaired) electrons. The van der Waals surface area contributed by atoms with Gasteiger partial charge in [0.15, 0.2) is 0 Å². The maximum absolute atomic E-state index is 13.2. The number of hydrogen-bond acceptors (Lipinski definition) is 0. The normalized spacial score (nSPS) is 11.0. The lowest BCUT2D eigenvalue weighted by molar-refractivity contribution is 0.152. The second kappa shape index (κ2) is 5.21. The molecular weight excluding hydrogens is 284 g/mol. The minimum Gasteiger partial charge on any atom is -0.207 e. The molecule has 2 aromatic carbocycles. The third-order valence-corrected chi connectivity index (χ3v) is 3.11. The summed E-state index contributed by atoms with van der Waals surface area (Å²) in [5.74, 6) is -0.620. The highest BCUT2D eigenvalue weighted by molar-refractivity contribution is 6.39. The van der Waals surface area contributed by atoms with E-state index < -0.39 is 12.2 Å². The smallest absolute Gasteiger partial charge is 0.207 e. The fourth-order valence-corrected chi connectivity index (χ4v) is 2.29. The average molecular weight is 291 g/mol. The molecule has 0 N–H and O–H groups in total. The molecule has 0 bridgehead atoms. The van der Waals surface area contributed by atoms with Crippen LogP contribution in [0.5, 0.6) is 0 Å². The molecule has 0 aliphatic rings. The van der Waals surface area contributed by atoms with Gasteiger partial charge in [0.2, 0.25) is 0 Å². The van der Waals surface area contributed by atoms with Gasteiger partial charge in [-0.3, -0.25) is 0 Å². The van der Waals surface area contributed by atoms with Crippen LogP contribution in [0.4, 0.5) is 13.2 Å². The van der Waals surface area contributed by atoms with Crippen LogP contribution in [-0.2, 0) is 0 Å². The fourth-order valence-electron chi connectivity index (χ4n) is 1.69. The Morgan fingerprint density at radius 3 is 2.11 bits per heavy atom. The van der Waals surface area contributed by atoms with Crippen molar-refractivity contribution in [1.82, 2.24) is 0 Å². The van der Waals surface area contributed by atoms with Crippen LogP contribution in [0, 0.1) is 5.82 Å². The summed E-state index contributed by atoms with van der Waals surface area (Å²) in [6, 6.07) is 7.65. The van der Waals surface area contributed by atoms with Gasteiger partial charge in [0.25, 0.3) is 6.43 Å². The lowest BCUT2D eigenvalue weighted by atomic mass is 9.99. The summed E-state index contributed by atoms with van der Waals surface area (Å²) < 4.78 is 39.0. The lowest BCUT2D eigenvalue weighted by Crippen LogP contribution is -1.93.